The van der Waals surface area contributed by atoms with Crippen LogP contribution in [0.4, 0.5) is 5.69 Å². The van der Waals surface area contributed by atoms with Crippen molar-refractivity contribution in [1.29, 1.82) is 0 Å². The van der Waals surface area contributed by atoms with Crippen molar-refractivity contribution in [2.75, 3.05) is 31.9 Å². The molecule has 1 aromatic carbocycles. The predicted octanol–water partition coefficient (Wildman–Crippen LogP) is 2.73. The third-order valence-electron chi connectivity index (χ3n) is 4.58. The maximum absolute atomic E-state index is 12.7. The van der Waals surface area contributed by atoms with E-state index in [1.54, 1.807) is 12.1 Å². The van der Waals surface area contributed by atoms with Crippen molar-refractivity contribution >= 4 is 27.5 Å². The smallest absolute Gasteiger partial charge is 0.255 e. The van der Waals surface area contributed by atoms with Gasteiger partial charge in [-0.2, -0.15) is 0 Å². The van der Waals surface area contributed by atoms with Gasteiger partial charge in [-0.05, 0) is 66.5 Å². The lowest BCUT2D eigenvalue weighted by Gasteiger charge is -2.32. The van der Waals surface area contributed by atoms with Crippen LogP contribution in [0.2, 0.25) is 0 Å². The molecule has 0 bridgehead atoms. The zero-order valence-electron chi connectivity index (χ0n) is 12.2. The largest absolute Gasteiger partial charge is 0.399 e. The van der Waals surface area contributed by atoms with Crippen LogP contribution >= 0.6 is 15.9 Å². The molecule has 0 radical (unpaired) electrons. The van der Waals surface area contributed by atoms with Crippen LogP contribution in [0.25, 0.3) is 0 Å². The quantitative estimate of drug-likeness (QED) is 0.833. The molecule has 0 aliphatic carbocycles. The molecule has 1 unspecified atom stereocenters. The first-order valence-electron chi connectivity index (χ1n) is 7.73. The molecule has 1 aromatic rings. The number of rotatable bonds is 2. The highest BCUT2D eigenvalue weighted by molar-refractivity contribution is 9.10. The minimum Gasteiger partial charge on any atom is -0.399 e. The molecule has 2 saturated heterocycles. The standard InChI is InChI=1S/C16H22BrN3O/c17-15-5-4-12(18)10-14(15)16(21)20-9-6-13(11-20)19-7-2-1-3-8-19/h4-5,10,13H,1-3,6-9,11,18H2. The van der Waals surface area contributed by atoms with Gasteiger partial charge < -0.3 is 10.6 Å². The van der Waals surface area contributed by atoms with E-state index in [4.69, 9.17) is 5.73 Å². The number of hydrogen-bond donors (Lipinski definition) is 1. The molecule has 3 rings (SSSR count). The van der Waals surface area contributed by atoms with Gasteiger partial charge in [0.25, 0.3) is 5.91 Å². The molecule has 2 aliphatic heterocycles. The van der Waals surface area contributed by atoms with Gasteiger partial charge in [0.15, 0.2) is 0 Å². The molecule has 2 fully saturated rings. The van der Waals surface area contributed by atoms with Crippen molar-refractivity contribution in [2.45, 2.75) is 31.7 Å². The summed E-state index contributed by atoms with van der Waals surface area (Å²) in [6.45, 7) is 4.07. The molecule has 2 heterocycles. The van der Waals surface area contributed by atoms with Gasteiger partial charge in [0.05, 0.1) is 5.56 Å². The molecule has 2 N–H and O–H groups in total. The molecule has 0 aromatic heterocycles. The minimum atomic E-state index is 0.0914. The number of carbonyl (C=O) groups excluding carboxylic acids is 1. The highest BCUT2D eigenvalue weighted by Gasteiger charge is 2.31. The van der Waals surface area contributed by atoms with Gasteiger partial charge in [-0.25, -0.2) is 0 Å². The second kappa shape index (κ2) is 6.36. The number of nitrogens with zero attached hydrogens (tertiary/aromatic N) is 2. The van der Waals surface area contributed by atoms with E-state index < -0.39 is 0 Å². The van der Waals surface area contributed by atoms with Crippen LogP contribution in [0.1, 0.15) is 36.0 Å². The second-order valence-electron chi connectivity index (χ2n) is 6.03. The molecule has 5 heteroatoms. The maximum atomic E-state index is 12.7. The van der Waals surface area contributed by atoms with E-state index in [0.717, 1.165) is 24.0 Å². The Bertz CT molecular complexity index is 528. The normalized spacial score (nSPS) is 23.5. The number of carbonyl (C=O) groups is 1. The van der Waals surface area contributed by atoms with Crippen LogP contribution in [0.5, 0.6) is 0 Å². The van der Waals surface area contributed by atoms with Crippen LogP contribution in [0.3, 0.4) is 0 Å². The van der Waals surface area contributed by atoms with Crippen LogP contribution in [0, 0.1) is 0 Å². The monoisotopic (exact) mass is 351 g/mol. The van der Waals surface area contributed by atoms with Gasteiger partial charge in [0.2, 0.25) is 0 Å². The first-order chi connectivity index (χ1) is 10.1. The van der Waals surface area contributed by atoms with E-state index in [2.05, 4.69) is 20.8 Å². The topological polar surface area (TPSA) is 49.6 Å². The highest BCUT2D eigenvalue weighted by atomic mass is 79.9. The second-order valence-corrected chi connectivity index (χ2v) is 6.88. The summed E-state index contributed by atoms with van der Waals surface area (Å²) in [7, 11) is 0. The van der Waals surface area contributed by atoms with Gasteiger partial charge in [-0.15, -0.1) is 0 Å². The lowest BCUT2D eigenvalue weighted by atomic mass is 10.1. The third kappa shape index (κ3) is 3.24. The lowest BCUT2D eigenvalue weighted by Crippen LogP contribution is -2.41. The van der Waals surface area contributed by atoms with Gasteiger partial charge >= 0.3 is 0 Å². The summed E-state index contributed by atoms with van der Waals surface area (Å²) >= 11 is 3.46. The van der Waals surface area contributed by atoms with Crippen LogP contribution < -0.4 is 5.73 Å². The lowest BCUT2D eigenvalue weighted by molar-refractivity contribution is 0.0770. The summed E-state index contributed by atoms with van der Waals surface area (Å²) in [5.41, 5.74) is 7.12. The van der Waals surface area contributed by atoms with Gasteiger partial charge in [-0.1, -0.05) is 6.42 Å². The molecular weight excluding hydrogens is 330 g/mol. The Hall–Kier alpha value is -1.07. The molecule has 1 amide bonds. The van der Waals surface area contributed by atoms with Gasteiger partial charge in [-0.3, -0.25) is 9.69 Å². The molecule has 2 aliphatic rings. The van der Waals surface area contributed by atoms with E-state index in [0.29, 0.717) is 17.3 Å². The molecular formula is C16H22BrN3O. The first kappa shape index (κ1) is 14.9. The number of piperidine rings is 1. The molecule has 4 nitrogen and oxygen atoms in total. The molecule has 1 atom stereocenters. The van der Waals surface area contributed by atoms with E-state index in [-0.39, 0.29) is 5.91 Å². The fourth-order valence-corrected chi connectivity index (χ4v) is 3.80. The Morgan fingerprint density at radius 2 is 1.95 bits per heavy atom. The number of benzene rings is 1. The average Bonchev–Trinajstić information content (AvgIpc) is 3.00. The summed E-state index contributed by atoms with van der Waals surface area (Å²) in [5, 5.41) is 0. The van der Waals surface area contributed by atoms with Crippen molar-refractivity contribution < 1.29 is 4.79 Å². The summed E-state index contributed by atoms with van der Waals surface area (Å²) in [6, 6.07) is 5.96. The predicted molar refractivity (Wildman–Crippen MR) is 88.3 cm³/mol. The van der Waals surface area contributed by atoms with Crippen LogP contribution in [-0.2, 0) is 0 Å². The van der Waals surface area contributed by atoms with Crippen molar-refractivity contribution in [2.24, 2.45) is 0 Å². The van der Waals surface area contributed by atoms with Gasteiger partial charge in [0.1, 0.15) is 0 Å². The van der Waals surface area contributed by atoms with Crippen molar-refractivity contribution in [3.63, 3.8) is 0 Å². The fourth-order valence-electron chi connectivity index (χ4n) is 3.38. The van der Waals surface area contributed by atoms with E-state index in [9.17, 15) is 4.79 Å². The van der Waals surface area contributed by atoms with E-state index in [1.807, 2.05) is 11.0 Å². The summed E-state index contributed by atoms with van der Waals surface area (Å²) in [5.74, 6) is 0.0914. The van der Waals surface area contributed by atoms with Crippen molar-refractivity contribution in [3.05, 3.63) is 28.2 Å². The number of nitrogen functional groups attached to an aromatic ring is 1. The number of halogens is 1. The summed E-state index contributed by atoms with van der Waals surface area (Å²) in [4.78, 5) is 17.2. The Labute approximate surface area is 134 Å². The van der Waals surface area contributed by atoms with E-state index in [1.165, 1.54) is 32.4 Å². The highest BCUT2D eigenvalue weighted by Crippen LogP contribution is 2.25. The fraction of sp³-hybridized carbons (Fsp3) is 0.562. The number of amides is 1. The minimum absolute atomic E-state index is 0.0914. The molecule has 0 saturated carbocycles. The zero-order chi connectivity index (χ0) is 14.8. The molecule has 0 spiro atoms. The van der Waals surface area contributed by atoms with Crippen molar-refractivity contribution in [3.8, 4) is 0 Å². The Kier molecular flexibility index (Phi) is 4.50. The number of nitrogens with two attached hydrogens (primary N) is 1. The SMILES string of the molecule is Nc1ccc(Br)c(C(=O)N2CCC(N3CCCCC3)C2)c1. The van der Waals surface area contributed by atoms with Crippen molar-refractivity contribution in [1.82, 2.24) is 9.80 Å². The van der Waals surface area contributed by atoms with E-state index >= 15 is 0 Å². The average molecular weight is 352 g/mol. The molecule has 114 valence electrons. The first-order valence-corrected chi connectivity index (χ1v) is 8.53. The summed E-state index contributed by atoms with van der Waals surface area (Å²) in [6.07, 6.45) is 5.03. The Morgan fingerprint density at radius 1 is 1.19 bits per heavy atom. The Balaban J connectivity index is 1.67. The molecule has 21 heavy (non-hydrogen) atoms. The van der Waals surface area contributed by atoms with Crippen LogP contribution in [0.15, 0.2) is 22.7 Å². The van der Waals surface area contributed by atoms with Gasteiger partial charge in [0, 0.05) is 29.3 Å². The number of likely N-dealkylation sites (tertiary alicyclic amines) is 2. The number of hydrogen-bond acceptors (Lipinski definition) is 3. The maximum Gasteiger partial charge on any atom is 0.255 e. The zero-order valence-corrected chi connectivity index (χ0v) is 13.8. The summed E-state index contributed by atoms with van der Waals surface area (Å²) < 4.78 is 0.822. The van der Waals surface area contributed by atoms with Crippen LogP contribution in [-0.4, -0.2) is 47.9 Å². The Morgan fingerprint density at radius 3 is 2.71 bits per heavy atom. The number of anilines is 1. The third-order valence-corrected chi connectivity index (χ3v) is 5.27.